The van der Waals surface area contributed by atoms with E-state index in [0.29, 0.717) is 32.3 Å². The van der Waals surface area contributed by atoms with E-state index in [1.165, 1.54) is 0 Å². The maximum atomic E-state index is 17.7. The van der Waals surface area contributed by atoms with Gasteiger partial charge in [0.1, 0.15) is 17.1 Å². The Bertz CT molecular complexity index is 1090. The van der Waals surface area contributed by atoms with Crippen molar-refractivity contribution in [3.63, 3.8) is 0 Å². The third kappa shape index (κ3) is 3.45. The lowest BCUT2D eigenvalue weighted by Gasteiger charge is -2.65. The van der Waals surface area contributed by atoms with Crippen molar-refractivity contribution >= 4 is 28.6 Å². The van der Waals surface area contributed by atoms with Gasteiger partial charge in [0.25, 0.3) is 0 Å². The number of cyclic esters (lactones) is 1. The second kappa shape index (κ2) is 8.82. The summed E-state index contributed by atoms with van der Waals surface area (Å²) in [6.45, 7) is 5.76. The van der Waals surface area contributed by atoms with Gasteiger partial charge < -0.3 is 19.3 Å². The molecule has 7 nitrogen and oxygen atoms in total. The highest BCUT2D eigenvalue weighted by Crippen LogP contribution is 2.71. The molecule has 5 fully saturated rings. The van der Waals surface area contributed by atoms with Crippen molar-refractivity contribution in [2.75, 3.05) is 6.61 Å². The molecule has 6 rings (SSSR count). The van der Waals surface area contributed by atoms with Gasteiger partial charge in [-0.15, -0.1) is 0 Å². The van der Waals surface area contributed by atoms with Gasteiger partial charge in [-0.1, -0.05) is 39.0 Å². The number of carbonyl (C=O) groups excluding carboxylic acids is 3. The Hall–Kier alpha value is -1.36. The molecule has 2 heterocycles. The molecule has 4 aliphatic carbocycles. The zero-order valence-electron chi connectivity index (χ0n) is 22.0. The summed E-state index contributed by atoms with van der Waals surface area (Å²) in [7, 11) is 0. The highest BCUT2D eigenvalue weighted by molar-refractivity contribution is 8.14. The largest absolute Gasteiger partial charge is 0.465 e. The maximum Gasteiger partial charge on any atom is 0.319 e. The molecule has 0 aromatic carbocycles. The molecule has 2 saturated heterocycles. The summed E-state index contributed by atoms with van der Waals surface area (Å²) in [5, 5.41) is 10.9. The molecule has 0 bridgehead atoms. The Balaban J connectivity index is 1.31. The number of esters is 1. The average molecular weight is 555 g/mol. The zero-order valence-corrected chi connectivity index (χ0v) is 22.9. The predicted octanol–water partition coefficient (Wildman–Crippen LogP) is 4.20. The average Bonchev–Trinajstić information content (AvgIpc) is 3.39. The summed E-state index contributed by atoms with van der Waals surface area (Å²) in [6, 6.07) is 0. The molecule has 1 N–H and O–H groups in total. The van der Waals surface area contributed by atoms with Crippen LogP contribution in [-0.2, 0) is 28.6 Å². The number of carbonyl (C=O) groups is 3. The van der Waals surface area contributed by atoms with Gasteiger partial charge in [-0.3, -0.25) is 14.4 Å². The van der Waals surface area contributed by atoms with Crippen molar-refractivity contribution in [3.8, 4) is 0 Å². The summed E-state index contributed by atoms with van der Waals surface area (Å²) in [5.74, 6) is -4.20. The molecule has 0 unspecified atom stereocenters. The maximum absolute atomic E-state index is 17.7. The number of alkyl halides is 2. The molecule has 38 heavy (non-hydrogen) atoms. The van der Waals surface area contributed by atoms with Crippen LogP contribution in [-0.4, -0.2) is 63.9 Å². The van der Waals surface area contributed by atoms with Crippen LogP contribution in [0.15, 0.2) is 11.6 Å². The Morgan fingerprint density at radius 2 is 1.92 bits per heavy atom. The topological polar surface area (TPSA) is 99.1 Å². The minimum atomic E-state index is -2.22. The molecule has 3 saturated carbocycles. The SMILES string of the molecule is CCCC1OC2(C[C@@]3(C)C(=CC2=O)[C@@H](F)C[C@@H]2[C@@H]4CC[C@@H](C(=O)S[C@H]5CCOC5=O)[C@@]4(C)C[C@H](O)[C@@]23F)O1. The highest BCUT2D eigenvalue weighted by atomic mass is 32.2. The van der Waals surface area contributed by atoms with E-state index in [0.717, 1.165) is 24.3 Å². The molecule has 210 valence electrons. The first-order chi connectivity index (χ1) is 17.9. The van der Waals surface area contributed by atoms with E-state index in [9.17, 15) is 19.5 Å². The minimum absolute atomic E-state index is 0.0394. The van der Waals surface area contributed by atoms with E-state index in [4.69, 9.17) is 14.2 Å². The number of aliphatic hydroxyl groups is 1. The standard InChI is InChI=1S/C28H36F2O7S/c1-4-5-22-36-27(37-22)13-26(3)17(11-20(27)31)18(29)10-16-14-6-7-15(24(34)38-19-8-9-35-23(19)33)25(14,2)12-21(32)28(16,26)30/h11,14-16,18-19,21-22,32H,4-10,12-13H2,1-3H3/t14-,15-,16+,18-,19-,21-,22?,25-,26-,27?,28-/m0/s1. The first kappa shape index (κ1) is 26.8. The molecule has 9 atom stereocenters. The molecule has 0 aromatic rings. The lowest BCUT2D eigenvalue weighted by molar-refractivity contribution is -0.439. The van der Waals surface area contributed by atoms with E-state index in [2.05, 4.69) is 0 Å². The van der Waals surface area contributed by atoms with Crippen LogP contribution in [0.25, 0.3) is 0 Å². The van der Waals surface area contributed by atoms with Crippen molar-refractivity contribution in [2.45, 2.75) is 107 Å². The lowest BCUT2D eigenvalue weighted by Crippen LogP contribution is -2.73. The fourth-order valence-electron chi connectivity index (χ4n) is 8.82. The summed E-state index contributed by atoms with van der Waals surface area (Å²) in [5.41, 5.74) is -4.39. The molecule has 0 amide bonds. The van der Waals surface area contributed by atoms with Crippen LogP contribution in [0.3, 0.4) is 0 Å². The van der Waals surface area contributed by atoms with E-state index < -0.39 is 69.7 Å². The first-order valence-electron chi connectivity index (χ1n) is 13.9. The number of thioether (sulfide) groups is 1. The Morgan fingerprint density at radius 1 is 1.18 bits per heavy atom. The van der Waals surface area contributed by atoms with Crippen LogP contribution in [0.5, 0.6) is 0 Å². The molecule has 6 aliphatic rings. The van der Waals surface area contributed by atoms with Crippen LogP contribution >= 0.6 is 11.8 Å². The van der Waals surface area contributed by atoms with E-state index in [1.54, 1.807) is 6.92 Å². The molecule has 10 heteroatoms. The van der Waals surface area contributed by atoms with Crippen LogP contribution < -0.4 is 0 Å². The number of ether oxygens (including phenoxy) is 3. The van der Waals surface area contributed by atoms with Crippen molar-refractivity contribution in [3.05, 3.63) is 11.6 Å². The first-order valence-corrected chi connectivity index (χ1v) is 14.8. The third-order valence-corrected chi connectivity index (χ3v) is 11.9. The number of hydrogen-bond acceptors (Lipinski definition) is 8. The summed E-state index contributed by atoms with van der Waals surface area (Å²) >= 11 is 0.987. The van der Waals surface area contributed by atoms with Crippen LogP contribution in [0.4, 0.5) is 8.78 Å². The number of aliphatic hydroxyl groups excluding tert-OH is 1. The summed E-state index contributed by atoms with van der Waals surface area (Å²) < 4.78 is 50.3. The van der Waals surface area contributed by atoms with Crippen molar-refractivity contribution in [1.82, 2.24) is 0 Å². The number of allylic oxidation sites excluding steroid dienone is 1. The van der Waals surface area contributed by atoms with Gasteiger partial charge in [-0.2, -0.15) is 0 Å². The molecule has 1 spiro atoms. The van der Waals surface area contributed by atoms with E-state index >= 15 is 8.78 Å². The normalized spacial score (nSPS) is 51.5. The quantitative estimate of drug-likeness (QED) is 0.517. The molecular weight excluding hydrogens is 518 g/mol. The van der Waals surface area contributed by atoms with E-state index in [1.807, 2.05) is 13.8 Å². The Labute approximate surface area is 225 Å². The third-order valence-electron chi connectivity index (χ3n) is 10.7. The smallest absolute Gasteiger partial charge is 0.319 e. The molecule has 0 radical (unpaired) electrons. The van der Waals surface area contributed by atoms with Gasteiger partial charge in [0, 0.05) is 30.1 Å². The van der Waals surface area contributed by atoms with Crippen LogP contribution in [0, 0.1) is 28.6 Å². The van der Waals surface area contributed by atoms with Crippen molar-refractivity contribution in [2.24, 2.45) is 28.6 Å². The zero-order chi connectivity index (χ0) is 27.3. The fraction of sp³-hybridized carbons (Fsp3) is 0.821. The number of ketones is 1. The van der Waals surface area contributed by atoms with Gasteiger partial charge in [0.2, 0.25) is 11.6 Å². The number of halogens is 2. The second-order valence-electron chi connectivity index (χ2n) is 12.6. The molecule has 0 aromatic heterocycles. The summed E-state index contributed by atoms with van der Waals surface area (Å²) in [4.78, 5) is 38.3. The van der Waals surface area contributed by atoms with Gasteiger partial charge in [0.05, 0.1) is 12.7 Å². The lowest BCUT2D eigenvalue weighted by atomic mass is 9.43. The Kier molecular flexibility index (Phi) is 6.23. The minimum Gasteiger partial charge on any atom is -0.465 e. The van der Waals surface area contributed by atoms with Crippen molar-refractivity contribution in [1.29, 1.82) is 0 Å². The fourth-order valence-corrected chi connectivity index (χ4v) is 10.0. The van der Waals surface area contributed by atoms with Gasteiger partial charge in [-0.25, -0.2) is 8.78 Å². The van der Waals surface area contributed by atoms with E-state index in [-0.39, 0.29) is 35.9 Å². The van der Waals surface area contributed by atoms with Crippen LogP contribution in [0.2, 0.25) is 0 Å². The van der Waals surface area contributed by atoms with Crippen LogP contribution in [0.1, 0.15) is 72.1 Å². The molecule has 2 aliphatic heterocycles. The van der Waals surface area contributed by atoms with Gasteiger partial charge in [0.15, 0.2) is 11.4 Å². The van der Waals surface area contributed by atoms with Crippen molar-refractivity contribution < 1.29 is 42.5 Å². The predicted molar refractivity (Wildman–Crippen MR) is 133 cm³/mol. The highest BCUT2D eigenvalue weighted by Gasteiger charge is 2.75. The number of rotatable bonds is 4. The summed E-state index contributed by atoms with van der Waals surface area (Å²) in [6.07, 6.45) is 0.150. The monoisotopic (exact) mass is 554 g/mol. The second-order valence-corrected chi connectivity index (χ2v) is 13.8. The number of fused-ring (bicyclic) bond motifs is 5. The molecular formula is C28H36F2O7S. The van der Waals surface area contributed by atoms with Gasteiger partial charge >= 0.3 is 5.97 Å². The Morgan fingerprint density at radius 3 is 2.58 bits per heavy atom. The van der Waals surface area contributed by atoms with Gasteiger partial charge in [-0.05, 0) is 55.1 Å². The number of hydrogen-bond donors (Lipinski definition) is 1.